The van der Waals surface area contributed by atoms with Crippen molar-refractivity contribution in [2.45, 2.75) is 38.8 Å². The van der Waals surface area contributed by atoms with Gasteiger partial charge in [0.15, 0.2) is 0 Å². The van der Waals surface area contributed by atoms with Crippen LogP contribution in [-0.2, 0) is 9.53 Å². The lowest BCUT2D eigenvalue weighted by Gasteiger charge is -2.33. The molecule has 1 unspecified atom stereocenters. The first-order chi connectivity index (χ1) is 15.3. The summed E-state index contributed by atoms with van der Waals surface area (Å²) < 4.78 is 18.2. The largest absolute Gasteiger partial charge is 0.491 e. The Hall–Kier alpha value is -2.81. The Bertz CT molecular complexity index is 703. The minimum atomic E-state index is -0.499. The second kappa shape index (κ2) is 16.8. The monoisotopic (exact) mass is 450 g/mol. The fraction of sp³-hybridized carbons (Fsp3) is 0.565. The molecule has 2 rings (SSSR count). The Morgan fingerprint density at radius 3 is 2.59 bits per heavy atom. The van der Waals surface area contributed by atoms with E-state index < -0.39 is 6.67 Å². The maximum absolute atomic E-state index is 12.4. The van der Waals surface area contributed by atoms with Crippen LogP contribution in [0.3, 0.4) is 0 Å². The van der Waals surface area contributed by atoms with Crippen molar-refractivity contribution in [1.82, 2.24) is 9.80 Å². The van der Waals surface area contributed by atoms with Crippen LogP contribution in [-0.4, -0.2) is 93.9 Å². The van der Waals surface area contributed by atoms with Crippen molar-refractivity contribution in [3.63, 3.8) is 0 Å². The molecule has 1 fully saturated rings. The van der Waals surface area contributed by atoms with E-state index in [4.69, 9.17) is 15.9 Å². The van der Waals surface area contributed by atoms with Gasteiger partial charge in [-0.05, 0) is 57.5 Å². The summed E-state index contributed by atoms with van der Waals surface area (Å²) in [5.41, 5.74) is 8.21. The number of ether oxygens (including phenoxy) is 1. The van der Waals surface area contributed by atoms with E-state index in [0.29, 0.717) is 19.5 Å². The van der Waals surface area contributed by atoms with Crippen LogP contribution in [0.4, 0.5) is 4.39 Å². The predicted molar refractivity (Wildman–Crippen MR) is 132 cm³/mol. The first-order valence-corrected chi connectivity index (χ1v) is 10.6. The van der Waals surface area contributed by atoms with E-state index in [1.165, 1.54) is 0 Å². The van der Waals surface area contributed by atoms with Gasteiger partial charge in [0.25, 0.3) is 0 Å². The van der Waals surface area contributed by atoms with Crippen LogP contribution in [0.1, 0.15) is 26.7 Å². The molecule has 0 spiro atoms. The summed E-state index contributed by atoms with van der Waals surface area (Å²) in [5.74, 6) is 0.812. The molecular weight excluding hydrogens is 411 g/mol. The number of halogens is 1. The van der Waals surface area contributed by atoms with Crippen molar-refractivity contribution in [3.8, 4) is 0 Å². The molecular formula is C23H39FN6O2. The Morgan fingerprint density at radius 1 is 1.41 bits per heavy atom. The van der Waals surface area contributed by atoms with Crippen molar-refractivity contribution in [1.29, 1.82) is 5.41 Å². The lowest BCUT2D eigenvalue weighted by atomic mass is 9.94. The van der Waals surface area contributed by atoms with Crippen LogP contribution < -0.4 is 5.73 Å². The molecule has 8 nitrogen and oxygen atoms in total. The van der Waals surface area contributed by atoms with Gasteiger partial charge in [-0.3, -0.25) is 9.79 Å². The highest BCUT2D eigenvalue weighted by Crippen LogP contribution is 2.22. The molecule has 1 heterocycles. The summed E-state index contributed by atoms with van der Waals surface area (Å²) in [7, 11) is 3.39. The summed E-state index contributed by atoms with van der Waals surface area (Å²) in [5, 5.41) is 5.50. The molecule has 0 bridgehead atoms. The zero-order valence-electron chi connectivity index (χ0n) is 19.9. The van der Waals surface area contributed by atoms with Gasteiger partial charge in [-0.1, -0.05) is 0 Å². The molecule has 9 heteroatoms. The standard InChI is InChI=1S/C20H31FN4O2.C2H5N.CH3N/c1-15(2)27-18-4-5-19(22)16(13-18)12-17(23-3)6-8-24-10-11-25(9-7-21)20(26)14-24;1-3-2;1-2/h4,6,8,13,15,19H,5,7,9-12,14,22H2,1-3H3;1H2,2H3;2H,1H2/b8-6+,23-17?;;. The Morgan fingerprint density at radius 2 is 2.06 bits per heavy atom. The molecule has 1 saturated heterocycles. The summed E-state index contributed by atoms with van der Waals surface area (Å²) in [6.07, 6.45) is 9.36. The molecule has 1 aliphatic carbocycles. The number of carbonyl (C=O) groups excluding carboxylic acids is 1. The Kier molecular flexibility index (Phi) is 15.4. The van der Waals surface area contributed by atoms with Crippen molar-refractivity contribution in [3.05, 3.63) is 35.8 Å². The number of carbonyl (C=O) groups is 1. The van der Waals surface area contributed by atoms with E-state index in [1.54, 1.807) is 19.0 Å². The zero-order valence-corrected chi connectivity index (χ0v) is 19.9. The number of hydrogen-bond donors (Lipinski definition) is 2. The summed E-state index contributed by atoms with van der Waals surface area (Å²) in [4.78, 5) is 23.1. The van der Waals surface area contributed by atoms with Gasteiger partial charge < -0.3 is 30.7 Å². The summed E-state index contributed by atoms with van der Waals surface area (Å²) in [6, 6.07) is -0.0412. The van der Waals surface area contributed by atoms with Crippen LogP contribution in [0.2, 0.25) is 0 Å². The molecule has 0 radical (unpaired) electrons. The number of allylic oxidation sites excluding steroid dienone is 2. The van der Waals surface area contributed by atoms with Crippen molar-refractivity contribution >= 4 is 25.1 Å². The van der Waals surface area contributed by atoms with Crippen molar-refractivity contribution in [2.24, 2.45) is 15.7 Å². The van der Waals surface area contributed by atoms with Gasteiger partial charge in [-0.15, -0.1) is 0 Å². The Balaban J connectivity index is 0.00000177. The molecule has 1 aliphatic heterocycles. The molecule has 3 N–H and O–H groups in total. The number of nitrogens with two attached hydrogens (primary N) is 1. The van der Waals surface area contributed by atoms with Crippen molar-refractivity contribution in [2.75, 3.05) is 46.9 Å². The van der Waals surface area contributed by atoms with Crippen LogP contribution in [0.5, 0.6) is 0 Å². The lowest BCUT2D eigenvalue weighted by molar-refractivity contribution is -0.135. The number of hydrogen-bond acceptors (Lipinski definition) is 7. The molecule has 0 aromatic rings. The molecule has 1 atom stereocenters. The first kappa shape index (κ1) is 29.2. The van der Waals surface area contributed by atoms with E-state index in [2.05, 4.69) is 23.4 Å². The van der Waals surface area contributed by atoms with E-state index in [-0.39, 0.29) is 31.1 Å². The molecule has 2 aliphatic rings. The zero-order chi connectivity index (χ0) is 24.5. The predicted octanol–water partition coefficient (Wildman–Crippen LogP) is 2.62. The minimum Gasteiger partial charge on any atom is -0.491 e. The maximum Gasteiger partial charge on any atom is 0.242 e. The molecule has 32 heavy (non-hydrogen) atoms. The number of aliphatic imine (C=N–C) groups is 2. The number of amides is 1. The average molecular weight is 451 g/mol. The third kappa shape index (κ3) is 11.0. The van der Waals surface area contributed by atoms with E-state index in [9.17, 15) is 9.18 Å². The third-order valence-corrected chi connectivity index (χ3v) is 4.60. The molecule has 0 aromatic carbocycles. The molecule has 0 saturated carbocycles. The first-order valence-electron chi connectivity index (χ1n) is 10.6. The quantitative estimate of drug-likeness (QED) is 0.554. The normalized spacial score (nSPS) is 18.9. The SMILES string of the molecule is C=N.C=NC.CN=C(/C=C/N1CCN(CCF)C(=O)C1)CC1=CC(OC(C)C)=CCC1N. The smallest absolute Gasteiger partial charge is 0.242 e. The van der Waals surface area contributed by atoms with Crippen LogP contribution in [0.25, 0.3) is 0 Å². The van der Waals surface area contributed by atoms with E-state index in [0.717, 1.165) is 23.5 Å². The Labute approximate surface area is 191 Å². The van der Waals surface area contributed by atoms with Gasteiger partial charge in [0.05, 0.1) is 12.6 Å². The number of alkyl halides is 1. The van der Waals surface area contributed by atoms with Gasteiger partial charge in [0.2, 0.25) is 5.91 Å². The number of nitrogens with zero attached hydrogens (tertiary/aromatic N) is 4. The second-order valence-electron chi connectivity index (χ2n) is 7.40. The fourth-order valence-corrected chi connectivity index (χ4v) is 3.09. The second-order valence-corrected chi connectivity index (χ2v) is 7.40. The van der Waals surface area contributed by atoms with Gasteiger partial charge in [-0.25, -0.2) is 4.39 Å². The summed E-state index contributed by atoms with van der Waals surface area (Å²) in [6.45, 7) is 10.8. The highest BCUT2D eigenvalue weighted by Gasteiger charge is 2.22. The molecule has 0 aromatic heterocycles. The summed E-state index contributed by atoms with van der Waals surface area (Å²) >= 11 is 0. The number of rotatable bonds is 8. The molecule has 180 valence electrons. The van der Waals surface area contributed by atoms with E-state index >= 15 is 0 Å². The van der Waals surface area contributed by atoms with Gasteiger partial charge in [0.1, 0.15) is 12.4 Å². The van der Waals surface area contributed by atoms with Crippen LogP contribution in [0, 0.1) is 5.41 Å². The highest BCUT2D eigenvalue weighted by molar-refractivity contribution is 5.96. The van der Waals surface area contributed by atoms with Gasteiger partial charge in [-0.2, -0.15) is 0 Å². The van der Waals surface area contributed by atoms with E-state index in [1.807, 2.05) is 43.2 Å². The lowest BCUT2D eigenvalue weighted by Crippen LogP contribution is -2.49. The van der Waals surface area contributed by atoms with Gasteiger partial charge >= 0.3 is 0 Å². The van der Waals surface area contributed by atoms with Crippen molar-refractivity contribution < 1.29 is 13.9 Å². The molecule has 1 amide bonds. The van der Waals surface area contributed by atoms with Crippen LogP contribution >= 0.6 is 0 Å². The van der Waals surface area contributed by atoms with Crippen LogP contribution in [0.15, 0.2) is 45.7 Å². The average Bonchev–Trinajstić information content (AvgIpc) is 2.76. The number of piperazine rings is 1. The topological polar surface area (TPSA) is 107 Å². The van der Waals surface area contributed by atoms with Gasteiger partial charge in [0, 0.05) is 58.1 Å². The fourth-order valence-electron chi connectivity index (χ4n) is 3.09. The minimum absolute atomic E-state index is 0.0412. The maximum atomic E-state index is 12.4. The highest BCUT2D eigenvalue weighted by atomic mass is 19.1. The number of nitrogens with one attached hydrogen (secondary N) is 1. The third-order valence-electron chi connectivity index (χ3n) is 4.60.